The molecule has 5 aromatic rings. The number of ether oxygens (including phenoxy) is 1. The number of alkyl halides is 2. The lowest BCUT2D eigenvalue weighted by atomic mass is 9.85. The number of halogens is 2. The summed E-state index contributed by atoms with van der Waals surface area (Å²) >= 11 is 0. The van der Waals surface area contributed by atoms with Gasteiger partial charge in [-0.25, -0.2) is 23.5 Å². The molecule has 350 valence electrons. The Kier molecular flexibility index (Phi) is 13.1. The minimum Gasteiger partial charge on any atom is -0.444 e. The van der Waals surface area contributed by atoms with Crippen LogP contribution in [0.4, 0.5) is 20.3 Å². The number of aromatic nitrogens is 6. The lowest BCUT2D eigenvalue weighted by Crippen LogP contribution is -2.49. The Balaban J connectivity index is 0.734. The maximum atomic E-state index is 14.2. The number of benzene rings is 1. The highest BCUT2D eigenvalue weighted by molar-refractivity contribution is 6.03. The van der Waals surface area contributed by atoms with E-state index in [2.05, 4.69) is 35.9 Å². The summed E-state index contributed by atoms with van der Waals surface area (Å²) < 4.78 is 44.6. The van der Waals surface area contributed by atoms with Crippen molar-refractivity contribution in [3.05, 3.63) is 76.4 Å². The van der Waals surface area contributed by atoms with Crippen LogP contribution in [0.2, 0.25) is 0 Å². The summed E-state index contributed by atoms with van der Waals surface area (Å²) in [6.45, 7) is 4.11. The van der Waals surface area contributed by atoms with Gasteiger partial charge in [0.05, 0.1) is 35.5 Å². The summed E-state index contributed by atoms with van der Waals surface area (Å²) in [7, 11) is 3.49. The number of morpholine rings is 1. The maximum absolute atomic E-state index is 14.2. The van der Waals surface area contributed by atoms with E-state index in [0.29, 0.717) is 68.2 Å². The summed E-state index contributed by atoms with van der Waals surface area (Å²) in [5.74, 6) is -0.168. The van der Waals surface area contributed by atoms with Gasteiger partial charge in [0.2, 0.25) is 23.6 Å². The molecule has 1 aromatic carbocycles. The van der Waals surface area contributed by atoms with Crippen molar-refractivity contribution in [2.24, 2.45) is 18.9 Å². The van der Waals surface area contributed by atoms with E-state index in [9.17, 15) is 32.8 Å². The molecule has 0 spiro atoms. The number of carbonyl (C=O) groups is 4. The minimum atomic E-state index is -2.93. The summed E-state index contributed by atoms with van der Waals surface area (Å²) in [5, 5.41) is 12.4. The van der Waals surface area contributed by atoms with Crippen LogP contribution in [0, 0.1) is 11.8 Å². The van der Waals surface area contributed by atoms with E-state index in [1.807, 2.05) is 18.2 Å². The first-order valence-electron chi connectivity index (χ1n) is 22.8. The minimum absolute atomic E-state index is 0.0246. The molecule has 1 unspecified atom stereocenters. The predicted molar refractivity (Wildman–Crippen MR) is 238 cm³/mol. The van der Waals surface area contributed by atoms with Crippen LogP contribution in [-0.4, -0.2) is 115 Å². The number of anilines is 2. The molecule has 18 nitrogen and oxygen atoms in total. The molecule has 0 bridgehead atoms. The number of imidazole rings is 1. The van der Waals surface area contributed by atoms with Gasteiger partial charge in [-0.2, -0.15) is 5.10 Å². The van der Waals surface area contributed by atoms with Gasteiger partial charge in [0.15, 0.2) is 11.4 Å². The monoisotopic (exact) mass is 911 g/mol. The number of piperidine rings is 1. The Morgan fingerprint density at radius 1 is 1.03 bits per heavy atom. The van der Waals surface area contributed by atoms with Crippen LogP contribution in [0.1, 0.15) is 98.0 Å². The number of fused-ring (bicyclic) bond motifs is 1. The second-order valence-electron chi connectivity index (χ2n) is 18.1. The summed E-state index contributed by atoms with van der Waals surface area (Å²) in [5.41, 5.74) is 2.07. The molecule has 2 aliphatic heterocycles. The Labute approximate surface area is 379 Å². The largest absolute Gasteiger partial charge is 0.444 e. The molecule has 0 radical (unpaired) electrons. The van der Waals surface area contributed by atoms with Crippen LogP contribution in [-0.2, 0) is 32.6 Å². The highest BCUT2D eigenvalue weighted by atomic mass is 19.3. The topological polar surface area (TPSA) is 204 Å². The molecule has 3 N–H and O–H groups in total. The number of hydrogen-bond acceptors (Lipinski definition) is 12. The van der Waals surface area contributed by atoms with Gasteiger partial charge in [-0.3, -0.25) is 43.2 Å². The number of likely N-dealkylation sites (N-methyl/N-ethyl adjacent to an activating group) is 1. The molecular weight excluding hydrogens is 857 g/mol. The number of aryl methyl sites for hydroxylation is 2. The number of carbonyl (C=O) groups excluding carboxylic acids is 4. The first-order valence-corrected chi connectivity index (χ1v) is 22.8. The lowest BCUT2D eigenvalue weighted by Gasteiger charge is -2.36. The van der Waals surface area contributed by atoms with Crippen molar-refractivity contribution in [2.75, 3.05) is 57.0 Å². The zero-order chi connectivity index (χ0) is 46.1. The van der Waals surface area contributed by atoms with Gasteiger partial charge >= 0.3 is 5.69 Å². The van der Waals surface area contributed by atoms with E-state index in [-0.39, 0.29) is 65.7 Å². The second-order valence-corrected chi connectivity index (χ2v) is 18.1. The van der Waals surface area contributed by atoms with E-state index in [1.165, 1.54) is 34.6 Å². The molecule has 9 rings (SSSR count). The van der Waals surface area contributed by atoms with Gasteiger partial charge in [0, 0.05) is 70.6 Å². The number of nitrogens with one attached hydrogen (secondary N) is 3. The molecule has 20 heteroatoms. The van der Waals surface area contributed by atoms with Crippen molar-refractivity contribution >= 4 is 46.2 Å². The van der Waals surface area contributed by atoms with E-state index < -0.39 is 30.0 Å². The molecule has 4 amide bonds. The highest BCUT2D eigenvalue weighted by Crippen LogP contribution is 2.36. The molecule has 4 aromatic heterocycles. The molecule has 4 fully saturated rings. The van der Waals surface area contributed by atoms with Crippen LogP contribution in [0.25, 0.3) is 22.5 Å². The van der Waals surface area contributed by atoms with Gasteiger partial charge in [0.25, 0.3) is 12.3 Å². The van der Waals surface area contributed by atoms with E-state index in [1.54, 1.807) is 41.9 Å². The number of hydrogen-bond donors (Lipinski definition) is 3. The standard InChI is InChI=1S/C46H55F2N11O7/c1-55(23-32-24-57(18-19-65-32)17-3-4-27-7-12-35-37(20-27)56(2)46(64)59(35)36-13-14-39(60)53-43(36)62)45(63)29-8-10-31(11-9-29)58-25-33(40(54-58)41(47)48)51-42(61)34-26-66-44(52-34)30-15-16-49-38(21-30)50-22-28-5-6-28/h7,12,15-16,20-21,25-26,28-29,31-32,36,41H,3-6,8-11,13-14,17-19,22-24H2,1-2H3,(H,49,50)(H,51,61)(H,53,60,62)/t29?,31?,32-,36?/m0/s1. The molecule has 2 atom stereocenters. The van der Waals surface area contributed by atoms with Crippen molar-refractivity contribution < 1.29 is 37.1 Å². The summed E-state index contributed by atoms with van der Waals surface area (Å²) in [4.78, 5) is 77.0. The summed E-state index contributed by atoms with van der Waals surface area (Å²) in [6, 6.07) is 8.40. The van der Waals surface area contributed by atoms with Crippen LogP contribution in [0.5, 0.6) is 0 Å². The average molecular weight is 912 g/mol. The fourth-order valence-electron chi connectivity index (χ4n) is 9.47. The van der Waals surface area contributed by atoms with Crippen LogP contribution in [0.3, 0.4) is 0 Å². The van der Waals surface area contributed by atoms with Crippen molar-refractivity contribution in [3.63, 3.8) is 0 Å². The number of pyridine rings is 1. The van der Waals surface area contributed by atoms with Gasteiger partial charge in [0.1, 0.15) is 18.1 Å². The fourth-order valence-corrected chi connectivity index (χ4v) is 9.47. The van der Waals surface area contributed by atoms with Crippen molar-refractivity contribution in [1.29, 1.82) is 0 Å². The van der Waals surface area contributed by atoms with Crippen LogP contribution in [0.15, 0.2) is 58.2 Å². The van der Waals surface area contributed by atoms with Crippen LogP contribution >= 0.6 is 0 Å². The molecule has 4 aliphatic rings. The molecule has 2 saturated heterocycles. The first-order chi connectivity index (χ1) is 31.9. The molecule has 2 aliphatic carbocycles. The Morgan fingerprint density at radius 2 is 1.85 bits per heavy atom. The highest BCUT2D eigenvalue weighted by Gasteiger charge is 2.34. The van der Waals surface area contributed by atoms with E-state index in [4.69, 9.17) is 9.15 Å². The van der Waals surface area contributed by atoms with Gasteiger partial charge < -0.3 is 24.7 Å². The zero-order valence-electron chi connectivity index (χ0n) is 37.1. The van der Waals surface area contributed by atoms with Gasteiger partial charge in [-0.05, 0) is 100 Å². The third-order valence-electron chi connectivity index (χ3n) is 13.3. The average Bonchev–Trinajstić information content (AvgIpc) is 3.73. The third kappa shape index (κ3) is 9.93. The fraction of sp³-hybridized carbons (Fsp3) is 0.522. The number of rotatable bonds is 16. The Hall–Kier alpha value is -6.28. The quantitative estimate of drug-likeness (QED) is 0.111. The normalized spacial score (nSPS) is 21.6. The smallest absolute Gasteiger partial charge is 0.329 e. The summed E-state index contributed by atoms with van der Waals surface area (Å²) in [6.07, 6.45) is 7.91. The van der Waals surface area contributed by atoms with E-state index in [0.717, 1.165) is 43.6 Å². The second kappa shape index (κ2) is 19.3. The van der Waals surface area contributed by atoms with Crippen molar-refractivity contribution in [3.8, 4) is 11.5 Å². The molecule has 6 heterocycles. The van der Waals surface area contributed by atoms with Gasteiger partial charge in [-0.1, -0.05) is 6.07 Å². The zero-order valence-corrected chi connectivity index (χ0v) is 37.1. The number of amides is 4. The molecule has 66 heavy (non-hydrogen) atoms. The third-order valence-corrected chi connectivity index (χ3v) is 13.3. The van der Waals surface area contributed by atoms with Crippen LogP contribution < -0.4 is 21.6 Å². The molecular formula is C46H55F2N11O7. The lowest BCUT2D eigenvalue weighted by molar-refractivity contribution is -0.138. The van der Waals surface area contributed by atoms with Crippen molar-refractivity contribution in [1.82, 2.24) is 44.0 Å². The van der Waals surface area contributed by atoms with Gasteiger partial charge in [-0.15, -0.1) is 0 Å². The SMILES string of the molecule is CN(C[C@H]1CN(CCCc2ccc3c(c2)n(C)c(=O)n3C2CCC(=O)NC2=O)CCO1)C(=O)C1CCC(n2cc(NC(=O)c3coc(-c4ccnc(NCC5CC5)c4)n3)c(C(F)F)n2)CC1. The van der Waals surface area contributed by atoms with Crippen molar-refractivity contribution in [2.45, 2.75) is 88.8 Å². The number of nitrogens with zero attached hydrogens (tertiary/aromatic N) is 8. The number of imide groups is 1. The number of oxazole rings is 1. The molecule has 2 saturated carbocycles. The predicted octanol–water partition coefficient (Wildman–Crippen LogP) is 5.10. The Morgan fingerprint density at radius 3 is 2.62 bits per heavy atom. The van der Waals surface area contributed by atoms with E-state index >= 15 is 0 Å². The first kappa shape index (κ1) is 44.9. The Bertz CT molecular complexity index is 2660. The maximum Gasteiger partial charge on any atom is 0.329 e.